The molecule has 2 aromatic carbocycles. The molecule has 1 atom stereocenters. The molecule has 3 rings (SSSR count). The van der Waals surface area contributed by atoms with Gasteiger partial charge in [-0.15, -0.1) is 10.2 Å². The van der Waals surface area contributed by atoms with Crippen LogP contribution in [0, 0.1) is 18.7 Å². The Morgan fingerprint density at radius 2 is 1.86 bits per heavy atom. The Bertz CT molecular complexity index is 1160. The van der Waals surface area contributed by atoms with E-state index in [1.807, 2.05) is 13.0 Å². The average Bonchev–Trinajstić information content (AvgIpc) is 3.27. The number of aryl methyl sites for hydroxylation is 1. The fourth-order valence-corrected chi connectivity index (χ4v) is 3.52. The lowest BCUT2D eigenvalue weighted by atomic mass is 10.1. The number of nitrogens with one attached hydrogen (secondary N) is 1. The summed E-state index contributed by atoms with van der Waals surface area (Å²) in [6, 6.07) is 10.3. The Labute approximate surface area is 204 Å². The highest BCUT2D eigenvalue weighted by molar-refractivity contribution is 6.01. The number of rotatable bonds is 10. The SMILES string of the molecule is COc1ccc(C)cc1N(C(=O)Cn1nnc(-c2ccc(F)cc2)n1)C(C)C(=O)NCCC(C)C. The first kappa shape index (κ1) is 25.8. The number of anilines is 1. The predicted molar refractivity (Wildman–Crippen MR) is 130 cm³/mol. The molecule has 1 heterocycles. The zero-order valence-electron chi connectivity index (χ0n) is 20.7. The summed E-state index contributed by atoms with van der Waals surface area (Å²) in [5.41, 5.74) is 1.95. The van der Waals surface area contributed by atoms with Gasteiger partial charge in [-0.25, -0.2) is 4.39 Å². The molecule has 10 heteroatoms. The lowest BCUT2D eigenvalue weighted by molar-refractivity contribution is -0.126. The quantitative estimate of drug-likeness (QED) is 0.475. The van der Waals surface area contributed by atoms with Gasteiger partial charge in [0.1, 0.15) is 24.2 Å². The molecule has 0 saturated heterocycles. The molecule has 3 aromatic rings. The predicted octanol–water partition coefficient (Wildman–Crippen LogP) is 3.38. The molecule has 0 bridgehead atoms. The molecule has 35 heavy (non-hydrogen) atoms. The minimum Gasteiger partial charge on any atom is -0.495 e. The molecule has 0 aliphatic heterocycles. The van der Waals surface area contributed by atoms with E-state index in [2.05, 4.69) is 34.6 Å². The molecular weight excluding hydrogens is 451 g/mol. The van der Waals surface area contributed by atoms with Crippen molar-refractivity contribution in [3.63, 3.8) is 0 Å². The zero-order chi connectivity index (χ0) is 25.5. The van der Waals surface area contributed by atoms with E-state index in [0.29, 0.717) is 29.5 Å². The zero-order valence-corrected chi connectivity index (χ0v) is 20.7. The van der Waals surface area contributed by atoms with Gasteiger partial charge in [-0.1, -0.05) is 19.9 Å². The van der Waals surface area contributed by atoms with Crippen molar-refractivity contribution in [1.82, 2.24) is 25.5 Å². The number of hydrogen-bond acceptors (Lipinski definition) is 6. The summed E-state index contributed by atoms with van der Waals surface area (Å²) in [4.78, 5) is 29.0. The number of carbonyl (C=O) groups is 2. The van der Waals surface area contributed by atoms with E-state index in [1.165, 1.54) is 36.3 Å². The van der Waals surface area contributed by atoms with Crippen molar-refractivity contribution in [2.45, 2.75) is 46.7 Å². The summed E-state index contributed by atoms with van der Waals surface area (Å²) < 4.78 is 18.7. The van der Waals surface area contributed by atoms with Crippen LogP contribution >= 0.6 is 0 Å². The van der Waals surface area contributed by atoms with E-state index in [9.17, 15) is 14.0 Å². The largest absolute Gasteiger partial charge is 0.495 e. The van der Waals surface area contributed by atoms with Crippen LogP contribution in [0.4, 0.5) is 10.1 Å². The number of carbonyl (C=O) groups excluding carboxylic acids is 2. The summed E-state index contributed by atoms with van der Waals surface area (Å²) in [6.45, 7) is 7.98. The van der Waals surface area contributed by atoms with Crippen molar-refractivity contribution in [1.29, 1.82) is 0 Å². The molecule has 1 unspecified atom stereocenters. The number of nitrogens with zero attached hydrogens (tertiary/aromatic N) is 5. The molecule has 9 nitrogen and oxygen atoms in total. The molecule has 0 spiro atoms. The number of aromatic nitrogens is 4. The first-order chi connectivity index (χ1) is 16.7. The fourth-order valence-electron chi connectivity index (χ4n) is 3.52. The van der Waals surface area contributed by atoms with E-state index in [4.69, 9.17) is 4.74 Å². The second kappa shape index (κ2) is 11.5. The Balaban J connectivity index is 1.87. The number of tetrazole rings is 1. The van der Waals surface area contributed by atoms with E-state index in [1.54, 1.807) is 19.1 Å². The van der Waals surface area contributed by atoms with Crippen LogP contribution in [0.25, 0.3) is 11.4 Å². The van der Waals surface area contributed by atoms with Gasteiger partial charge in [0, 0.05) is 12.1 Å². The summed E-state index contributed by atoms with van der Waals surface area (Å²) in [7, 11) is 1.51. The molecule has 0 fully saturated rings. The highest BCUT2D eigenvalue weighted by atomic mass is 19.1. The van der Waals surface area contributed by atoms with Gasteiger partial charge in [0.15, 0.2) is 0 Å². The Morgan fingerprint density at radius 3 is 2.51 bits per heavy atom. The maximum Gasteiger partial charge on any atom is 0.251 e. The van der Waals surface area contributed by atoms with Crippen molar-refractivity contribution >= 4 is 17.5 Å². The van der Waals surface area contributed by atoms with Gasteiger partial charge in [-0.3, -0.25) is 14.5 Å². The first-order valence-electron chi connectivity index (χ1n) is 11.5. The smallest absolute Gasteiger partial charge is 0.251 e. The topological polar surface area (TPSA) is 102 Å². The van der Waals surface area contributed by atoms with Crippen molar-refractivity contribution in [3.05, 3.63) is 53.8 Å². The maximum atomic E-state index is 13.5. The monoisotopic (exact) mass is 482 g/mol. The van der Waals surface area contributed by atoms with Gasteiger partial charge in [0.25, 0.3) is 5.91 Å². The number of ether oxygens (including phenoxy) is 1. The van der Waals surface area contributed by atoms with E-state index < -0.39 is 11.9 Å². The van der Waals surface area contributed by atoms with E-state index in [0.717, 1.165) is 16.8 Å². The second-order valence-electron chi connectivity index (χ2n) is 8.74. The van der Waals surface area contributed by atoms with Gasteiger partial charge in [-0.05, 0) is 73.4 Å². The number of amides is 2. The third-order valence-electron chi connectivity index (χ3n) is 5.48. The normalized spacial score (nSPS) is 11.9. The van der Waals surface area contributed by atoms with Gasteiger partial charge < -0.3 is 10.1 Å². The van der Waals surface area contributed by atoms with Gasteiger partial charge in [0.05, 0.1) is 12.8 Å². The van der Waals surface area contributed by atoms with Crippen LogP contribution in [0.1, 0.15) is 32.8 Å². The van der Waals surface area contributed by atoms with Crippen LogP contribution in [-0.2, 0) is 16.1 Å². The lowest BCUT2D eigenvalue weighted by Crippen LogP contribution is -2.49. The molecule has 0 radical (unpaired) electrons. The molecule has 1 aromatic heterocycles. The van der Waals surface area contributed by atoms with Gasteiger partial charge >= 0.3 is 0 Å². The Hall–Kier alpha value is -3.82. The van der Waals surface area contributed by atoms with Crippen LogP contribution in [0.2, 0.25) is 0 Å². The number of halogens is 1. The number of benzene rings is 2. The summed E-state index contributed by atoms with van der Waals surface area (Å²) >= 11 is 0. The van der Waals surface area contributed by atoms with Crippen molar-refractivity contribution < 1.29 is 18.7 Å². The second-order valence-corrected chi connectivity index (χ2v) is 8.74. The number of methoxy groups -OCH3 is 1. The lowest BCUT2D eigenvalue weighted by Gasteiger charge is -2.30. The molecule has 0 aliphatic rings. The van der Waals surface area contributed by atoms with Crippen LogP contribution < -0.4 is 15.0 Å². The summed E-state index contributed by atoms with van der Waals surface area (Å²) in [5.74, 6) is 0.0968. The van der Waals surface area contributed by atoms with Gasteiger partial charge in [0.2, 0.25) is 11.7 Å². The fraction of sp³-hybridized carbons (Fsp3) is 0.400. The standard InChI is InChI=1S/C25H31FN6O3/c1-16(2)12-13-27-25(34)18(4)32(21-14-17(3)6-11-22(21)35-5)23(33)15-31-29-24(28-30-31)19-7-9-20(26)10-8-19/h6-11,14,16,18H,12-13,15H2,1-5H3,(H,27,34). The molecule has 1 N–H and O–H groups in total. The maximum absolute atomic E-state index is 13.5. The van der Waals surface area contributed by atoms with Crippen molar-refractivity contribution in [2.75, 3.05) is 18.6 Å². The average molecular weight is 483 g/mol. The molecular formula is C25H31FN6O3. The first-order valence-corrected chi connectivity index (χ1v) is 11.5. The van der Waals surface area contributed by atoms with Crippen LogP contribution in [0.15, 0.2) is 42.5 Å². The molecule has 0 aliphatic carbocycles. The van der Waals surface area contributed by atoms with Gasteiger partial charge in [-0.2, -0.15) is 4.80 Å². The molecule has 186 valence electrons. The van der Waals surface area contributed by atoms with E-state index >= 15 is 0 Å². The highest BCUT2D eigenvalue weighted by Crippen LogP contribution is 2.31. The van der Waals surface area contributed by atoms with Crippen LogP contribution in [0.5, 0.6) is 5.75 Å². The molecule has 2 amide bonds. The minimum absolute atomic E-state index is 0.255. The Morgan fingerprint density at radius 1 is 1.14 bits per heavy atom. The van der Waals surface area contributed by atoms with Crippen LogP contribution in [0.3, 0.4) is 0 Å². The van der Waals surface area contributed by atoms with Crippen molar-refractivity contribution in [2.24, 2.45) is 5.92 Å². The van der Waals surface area contributed by atoms with Crippen LogP contribution in [-0.4, -0.2) is 51.7 Å². The van der Waals surface area contributed by atoms with Crippen molar-refractivity contribution in [3.8, 4) is 17.1 Å². The Kier molecular flexibility index (Phi) is 8.51. The number of hydrogen-bond donors (Lipinski definition) is 1. The summed E-state index contributed by atoms with van der Waals surface area (Å²) in [6.07, 6.45) is 0.829. The third-order valence-corrected chi connectivity index (χ3v) is 5.48. The third kappa shape index (κ3) is 6.62. The highest BCUT2D eigenvalue weighted by Gasteiger charge is 2.30. The summed E-state index contributed by atoms with van der Waals surface area (Å²) in [5, 5.41) is 15.1. The minimum atomic E-state index is -0.814. The van der Waals surface area contributed by atoms with E-state index in [-0.39, 0.29) is 24.1 Å². The molecule has 0 saturated carbocycles.